The van der Waals surface area contributed by atoms with E-state index < -0.39 is 5.92 Å². The first-order valence-corrected chi connectivity index (χ1v) is 7.60. The van der Waals surface area contributed by atoms with Gasteiger partial charge in [0.2, 0.25) is 0 Å². The molecule has 128 valence electrons. The van der Waals surface area contributed by atoms with Crippen LogP contribution in [0.4, 0.5) is 0 Å². The quantitative estimate of drug-likeness (QED) is 0.462. The number of carbonyl (C=O) groups is 2. The lowest BCUT2D eigenvalue weighted by Gasteiger charge is -2.12. The summed E-state index contributed by atoms with van der Waals surface area (Å²) in [5.74, 6) is -0.895. The Bertz CT molecular complexity index is 670. The monoisotopic (exact) mass is 330 g/mol. The molecule has 0 amide bonds. The Morgan fingerprint density at radius 1 is 1.04 bits per heavy atom. The van der Waals surface area contributed by atoms with E-state index in [0.717, 1.165) is 5.56 Å². The van der Waals surface area contributed by atoms with Gasteiger partial charge in [-0.1, -0.05) is 48.5 Å². The van der Waals surface area contributed by atoms with Crippen LogP contribution in [0.1, 0.15) is 40.7 Å². The highest BCUT2D eigenvalue weighted by Crippen LogP contribution is 2.20. The predicted molar refractivity (Wildman–Crippen MR) is 93.4 cm³/mol. The van der Waals surface area contributed by atoms with E-state index in [1.165, 1.54) is 0 Å². The number of aliphatic hydroxyl groups is 1. The van der Waals surface area contributed by atoms with E-state index in [-0.39, 0.29) is 31.1 Å². The van der Waals surface area contributed by atoms with Gasteiger partial charge in [-0.15, -0.1) is 0 Å². The largest absolute Gasteiger partial charge is 0.465 e. The number of aliphatic hydroxyl groups excluding tert-OH is 1. The molecular weight excluding hydrogens is 306 g/mol. The van der Waals surface area contributed by atoms with Crippen LogP contribution in [0, 0.1) is 0 Å². The first-order chi connectivity index (χ1) is 11.1. The zero-order valence-corrected chi connectivity index (χ0v) is 14.1. The molecule has 0 unspecified atom stereocenters. The summed E-state index contributed by atoms with van der Waals surface area (Å²) in [4.78, 5) is 24.4. The van der Waals surface area contributed by atoms with Crippen LogP contribution in [0.2, 0.25) is 0 Å². The van der Waals surface area contributed by atoms with Gasteiger partial charge < -0.3 is 16.0 Å². The van der Waals surface area contributed by atoms with Crippen molar-refractivity contribution in [3.8, 4) is 0 Å². The molecule has 2 aromatic carbocycles. The highest BCUT2D eigenvalue weighted by atomic mass is 16.5. The maximum Gasteiger partial charge on any atom is 0.313 e. The number of carbonyl (C=O) groups excluding carboxylic acids is 2. The molecule has 24 heavy (non-hydrogen) atoms. The minimum atomic E-state index is -0.461. The van der Waals surface area contributed by atoms with E-state index in [1.807, 2.05) is 18.2 Å². The van der Waals surface area contributed by atoms with Gasteiger partial charge >= 0.3 is 5.97 Å². The molecule has 0 bridgehead atoms. The van der Waals surface area contributed by atoms with E-state index in [9.17, 15) is 9.59 Å². The molecule has 0 fully saturated rings. The fourth-order valence-electron chi connectivity index (χ4n) is 2.20. The smallest absolute Gasteiger partial charge is 0.313 e. The number of quaternary nitrogens is 1. The summed E-state index contributed by atoms with van der Waals surface area (Å²) in [5, 5.41) is 8.71. The number of hydrogen-bond acceptors (Lipinski definition) is 4. The van der Waals surface area contributed by atoms with Crippen molar-refractivity contribution >= 4 is 11.8 Å². The molecule has 0 aromatic heterocycles. The lowest BCUT2D eigenvalue weighted by atomic mass is 9.96. The summed E-state index contributed by atoms with van der Waals surface area (Å²) in [6.07, 6.45) is 0.422. The third-order valence-electron chi connectivity index (χ3n) is 3.59. The lowest BCUT2D eigenvalue weighted by molar-refractivity contribution is -0.145. The Morgan fingerprint density at radius 2 is 1.71 bits per heavy atom. The molecular formula is C19H24NO4+. The number of hydrogen-bond donors (Lipinski definition) is 2. The molecule has 0 heterocycles. The van der Waals surface area contributed by atoms with Crippen molar-refractivity contribution in [2.24, 2.45) is 0 Å². The molecule has 0 aliphatic rings. The number of ketones is 1. The van der Waals surface area contributed by atoms with Crippen molar-refractivity contribution in [3.05, 3.63) is 71.3 Å². The highest BCUT2D eigenvalue weighted by molar-refractivity contribution is 6.09. The van der Waals surface area contributed by atoms with Crippen LogP contribution in [0.5, 0.6) is 0 Å². The van der Waals surface area contributed by atoms with Crippen LogP contribution in [0.25, 0.3) is 0 Å². The molecule has 5 N–H and O–H groups in total. The second-order valence-electron chi connectivity index (χ2n) is 5.29. The zero-order valence-electron chi connectivity index (χ0n) is 14.1. The van der Waals surface area contributed by atoms with Gasteiger partial charge in [-0.2, -0.15) is 0 Å². The second-order valence-corrected chi connectivity index (χ2v) is 5.29. The third kappa shape index (κ3) is 5.01. The topological polar surface area (TPSA) is 100 Å². The van der Waals surface area contributed by atoms with Crippen LogP contribution in [0.15, 0.2) is 54.6 Å². The summed E-state index contributed by atoms with van der Waals surface area (Å²) < 4.78 is 5.10. The average molecular weight is 330 g/mol. The average Bonchev–Trinajstić information content (AvgIpc) is 2.61. The SMILES string of the molecule is C[C@H](C(=O)OCCCO)c1cccc(C(=O)c2ccccc2)c1.[NH4+]. The Labute approximate surface area is 141 Å². The molecule has 5 heteroatoms. The normalized spacial score (nSPS) is 11.2. The van der Waals surface area contributed by atoms with Crippen molar-refractivity contribution < 1.29 is 19.4 Å². The number of ether oxygens (including phenoxy) is 1. The maximum atomic E-state index is 12.5. The van der Waals surface area contributed by atoms with Gasteiger partial charge in [-0.25, -0.2) is 0 Å². The van der Waals surface area contributed by atoms with E-state index in [0.29, 0.717) is 17.5 Å². The fraction of sp³-hybridized carbons (Fsp3) is 0.263. The molecule has 1 atom stereocenters. The van der Waals surface area contributed by atoms with Crippen LogP contribution < -0.4 is 6.15 Å². The summed E-state index contributed by atoms with van der Waals surface area (Å²) in [7, 11) is 0. The van der Waals surface area contributed by atoms with Gasteiger partial charge in [0.15, 0.2) is 5.78 Å². The minimum absolute atomic E-state index is 0. The van der Waals surface area contributed by atoms with E-state index in [2.05, 4.69) is 0 Å². The fourth-order valence-corrected chi connectivity index (χ4v) is 2.20. The van der Waals surface area contributed by atoms with E-state index in [1.54, 1.807) is 43.3 Å². The molecule has 0 aliphatic heterocycles. The molecule has 2 rings (SSSR count). The molecule has 5 nitrogen and oxygen atoms in total. The van der Waals surface area contributed by atoms with E-state index >= 15 is 0 Å². The van der Waals surface area contributed by atoms with Crippen LogP contribution in [-0.2, 0) is 9.53 Å². The lowest BCUT2D eigenvalue weighted by Crippen LogP contribution is -2.15. The van der Waals surface area contributed by atoms with Crippen LogP contribution in [-0.4, -0.2) is 30.1 Å². The van der Waals surface area contributed by atoms with Crippen molar-refractivity contribution in [2.45, 2.75) is 19.3 Å². The minimum Gasteiger partial charge on any atom is -0.465 e. The summed E-state index contributed by atoms with van der Waals surface area (Å²) in [6.45, 7) is 1.93. The van der Waals surface area contributed by atoms with Gasteiger partial charge in [-0.3, -0.25) is 9.59 Å². The highest BCUT2D eigenvalue weighted by Gasteiger charge is 2.18. The van der Waals surface area contributed by atoms with Crippen molar-refractivity contribution in [1.29, 1.82) is 0 Å². The van der Waals surface area contributed by atoms with E-state index in [4.69, 9.17) is 9.84 Å². The molecule has 0 aliphatic carbocycles. The molecule has 0 radical (unpaired) electrons. The van der Waals surface area contributed by atoms with Gasteiger partial charge in [0.1, 0.15) is 0 Å². The number of esters is 1. The molecule has 0 saturated heterocycles. The van der Waals surface area contributed by atoms with Gasteiger partial charge in [0.25, 0.3) is 0 Å². The van der Waals surface area contributed by atoms with Crippen molar-refractivity contribution in [1.82, 2.24) is 6.15 Å². The van der Waals surface area contributed by atoms with Crippen molar-refractivity contribution in [2.75, 3.05) is 13.2 Å². The zero-order chi connectivity index (χ0) is 16.7. The van der Waals surface area contributed by atoms with Gasteiger partial charge in [-0.05, 0) is 18.6 Å². The standard InChI is InChI=1S/C19H20O4.H3N/c1-14(19(22)23-12-6-11-20)16-9-5-10-17(13-16)18(21)15-7-3-2-4-8-15;/h2-5,7-10,13-14,20H,6,11-12H2,1H3;1H3/p+1/t14-;/m0./s1. The maximum absolute atomic E-state index is 12.5. The summed E-state index contributed by atoms with van der Waals surface area (Å²) in [5.41, 5.74) is 1.90. The van der Waals surface area contributed by atoms with Crippen molar-refractivity contribution in [3.63, 3.8) is 0 Å². The second kappa shape index (κ2) is 9.60. The molecule has 0 spiro atoms. The molecule has 2 aromatic rings. The summed E-state index contributed by atoms with van der Waals surface area (Å²) in [6, 6.07) is 16.1. The van der Waals surface area contributed by atoms with Gasteiger partial charge in [0, 0.05) is 24.2 Å². The predicted octanol–water partition coefficient (Wildman–Crippen LogP) is 3.32. The number of benzene rings is 2. The van der Waals surface area contributed by atoms with Gasteiger partial charge in [0.05, 0.1) is 12.5 Å². The Morgan fingerprint density at radius 3 is 2.38 bits per heavy atom. The molecule has 0 saturated carbocycles. The first kappa shape index (κ1) is 19.5. The van der Waals surface area contributed by atoms with Crippen LogP contribution >= 0.6 is 0 Å². The number of rotatable bonds is 7. The third-order valence-corrected chi connectivity index (χ3v) is 3.59. The Hall–Kier alpha value is -2.50. The Balaban J connectivity index is 0.00000288. The summed E-state index contributed by atoms with van der Waals surface area (Å²) >= 11 is 0. The first-order valence-electron chi connectivity index (χ1n) is 7.60. The van der Waals surface area contributed by atoms with Crippen LogP contribution in [0.3, 0.4) is 0 Å². The Kier molecular flexibility index (Phi) is 7.82.